The molecule has 2 heterocycles. The Hall–Kier alpha value is -5.57. The molecule has 0 unspecified atom stereocenters. The van der Waals surface area contributed by atoms with E-state index in [1.165, 1.54) is 0 Å². The van der Waals surface area contributed by atoms with Crippen molar-refractivity contribution in [1.29, 1.82) is 0 Å². The molecule has 5 heteroatoms. The molecule has 0 amide bonds. The number of pyridine rings is 1. The van der Waals surface area contributed by atoms with Crippen LogP contribution in [-0.4, -0.2) is 19.6 Å². The van der Waals surface area contributed by atoms with Crippen molar-refractivity contribution in [3.8, 4) is 67.5 Å². The summed E-state index contributed by atoms with van der Waals surface area (Å²) in [4.78, 5) is 9.93. The molecule has 0 atom stereocenters. The van der Waals surface area contributed by atoms with Crippen molar-refractivity contribution >= 4 is 11.0 Å². The average molecular weight is 864 g/mol. The van der Waals surface area contributed by atoms with Crippen LogP contribution in [0.5, 0.6) is 5.75 Å². The van der Waals surface area contributed by atoms with E-state index in [-0.39, 0.29) is 55.4 Å². The van der Waals surface area contributed by atoms with Crippen molar-refractivity contribution in [3.63, 3.8) is 0 Å². The number of hydrogen-bond acceptors (Lipinski definition) is 3. The number of hydrogen-bond donors (Lipinski definition) is 1. The molecule has 52 heavy (non-hydrogen) atoms. The minimum Gasteiger partial charge on any atom is -0.507 e. The van der Waals surface area contributed by atoms with Gasteiger partial charge in [-0.2, -0.15) is 0 Å². The normalized spacial score (nSPS) is 13.8. The second-order valence-corrected chi connectivity index (χ2v) is 13.4. The Morgan fingerprint density at radius 2 is 1.46 bits per heavy atom. The van der Waals surface area contributed by atoms with E-state index in [0.717, 1.165) is 16.7 Å². The van der Waals surface area contributed by atoms with Gasteiger partial charge in [-0.25, -0.2) is 4.98 Å². The van der Waals surface area contributed by atoms with Crippen LogP contribution in [-0.2, 0) is 26.5 Å². The summed E-state index contributed by atoms with van der Waals surface area (Å²) in [5.74, 6) is 0.476. The summed E-state index contributed by atoms with van der Waals surface area (Å²) in [7, 11) is 0. The largest absolute Gasteiger partial charge is 0.507 e. The summed E-state index contributed by atoms with van der Waals surface area (Å²) in [5.41, 5.74) is 7.88. The number of aromatic hydroxyl groups is 1. The van der Waals surface area contributed by atoms with Gasteiger partial charge in [0.1, 0.15) is 11.6 Å². The third-order valence-corrected chi connectivity index (χ3v) is 9.00. The molecule has 0 aliphatic carbocycles. The van der Waals surface area contributed by atoms with E-state index >= 15 is 0 Å². The van der Waals surface area contributed by atoms with Gasteiger partial charge in [0.25, 0.3) is 0 Å². The van der Waals surface area contributed by atoms with Gasteiger partial charge in [-0.1, -0.05) is 134 Å². The Morgan fingerprint density at radius 1 is 0.712 bits per heavy atom. The third kappa shape index (κ3) is 6.63. The fraction of sp³-hybridized carbons (Fsp3) is 0.106. The van der Waals surface area contributed by atoms with Crippen LogP contribution in [0.25, 0.3) is 72.7 Å². The molecule has 0 saturated carbocycles. The number of rotatable bonds is 6. The van der Waals surface area contributed by atoms with Crippen LogP contribution in [0, 0.1) is 12.9 Å². The van der Waals surface area contributed by atoms with Crippen molar-refractivity contribution in [2.24, 2.45) is 0 Å². The number of aromatic nitrogens is 3. The zero-order chi connectivity index (χ0) is 42.0. The minimum atomic E-state index is -2.35. The Balaban J connectivity index is 0.00000544. The van der Waals surface area contributed by atoms with E-state index in [1.807, 2.05) is 65.2 Å². The van der Waals surface area contributed by atoms with Crippen LogP contribution in [0.3, 0.4) is 0 Å². The number of phenols is 1. The predicted molar refractivity (Wildman–Crippen MR) is 210 cm³/mol. The number of fused-ring (bicyclic) bond motifs is 1. The number of benzene rings is 6. The summed E-state index contributed by atoms with van der Waals surface area (Å²) in [6.07, 6.45) is 1.56. The summed E-state index contributed by atoms with van der Waals surface area (Å²) in [6.45, 7) is 3.96. The van der Waals surface area contributed by atoms with Crippen molar-refractivity contribution in [3.05, 3.63) is 169 Å². The first-order chi connectivity index (χ1) is 28.0. The molecule has 8 rings (SSSR count). The second kappa shape index (κ2) is 14.2. The van der Waals surface area contributed by atoms with Gasteiger partial charge in [-0.05, 0) is 65.4 Å². The smallest absolute Gasteiger partial charge is 0.148 e. The molecule has 0 fully saturated rings. The van der Waals surface area contributed by atoms with Gasteiger partial charge in [0.05, 0.1) is 29.1 Å². The molecule has 1 N–H and O–H groups in total. The molecule has 0 bridgehead atoms. The Kier molecular flexibility index (Phi) is 7.17. The van der Waals surface area contributed by atoms with Gasteiger partial charge in [0.15, 0.2) is 0 Å². The Bertz CT molecular complexity index is 2910. The van der Waals surface area contributed by atoms with Gasteiger partial charge in [0, 0.05) is 42.6 Å². The van der Waals surface area contributed by atoms with E-state index < -0.39 is 25.0 Å². The minimum absolute atomic E-state index is 0. The Labute approximate surface area is 331 Å². The summed E-state index contributed by atoms with van der Waals surface area (Å²) in [5, 5.41) is 11.3. The van der Waals surface area contributed by atoms with Crippen LogP contribution in [0.2, 0.25) is 0 Å². The van der Waals surface area contributed by atoms with E-state index in [1.54, 1.807) is 54.7 Å². The molecule has 8 aromatic rings. The number of nitrogens with zero attached hydrogens (tertiary/aromatic N) is 3. The molecule has 2 aromatic heterocycles. The fourth-order valence-electron chi connectivity index (χ4n) is 6.40. The average Bonchev–Trinajstić information content (AvgIpc) is 3.61. The van der Waals surface area contributed by atoms with E-state index in [9.17, 15) is 5.11 Å². The quantitative estimate of drug-likeness (QED) is 0.169. The van der Waals surface area contributed by atoms with Gasteiger partial charge in [-0.15, -0.1) is 29.3 Å². The zero-order valence-electron chi connectivity index (χ0n) is 36.7. The van der Waals surface area contributed by atoms with Crippen molar-refractivity contribution in [2.75, 3.05) is 0 Å². The summed E-state index contributed by atoms with van der Waals surface area (Å²) >= 11 is 0. The van der Waals surface area contributed by atoms with Crippen molar-refractivity contribution in [2.45, 2.75) is 33.0 Å². The standard InChI is InChI=1S/C47H38N3O.Pt/c1-31-22-23-42(40(26-31)33-16-9-6-10-17-33)50-43-20-13-19-38(45(43)49-46(50)39-18-11-12-21-44(39)51)35-27-36(29-37(28-35)47(2,3)4)41-30-34(24-25-48-41)32-14-7-5-8-15-32;/h5-26,28-30,51H,1-4H3;/q-1;/i1D3,5D,7D,8D,14D,15D;. The maximum atomic E-state index is 11.3. The molecular weight excluding hydrogens is 818 g/mol. The first-order valence-electron chi connectivity index (χ1n) is 20.6. The van der Waals surface area contributed by atoms with E-state index in [4.69, 9.17) is 16.0 Å². The van der Waals surface area contributed by atoms with Crippen LogP contribution >= 0.6 is 0 Å². The summed E-state index contributed by atoms with van der Waals surface area (Å²) in [6, 6.07) is 36.6. The monoisotopic (exact) mass is 863 g/mol. The number of para-hydroxylation sites is 2. The molecule has 4 nitrogen and oxygen atoms in total. The molecule has 0 aliphatic rings. The first-order valence-corrected chi connectivity index (χ1v) is 16.6. The molecule has 0 saturated heterocycles. The molecule has 0 aliphatic heterocycles. The number of aryl methyl sites for hydroxylation is 1. The van der Waals surface area contributed by atoms with Gasteiger partial charge < -0.3 is 5.11 Å². The maximum absolute atomic E-state index is 11.3. The Morgan fingerprint density at radius 3 is 2.23 bits per heavy atom. The second-order valence-electron chi connectivity index (χ2n) is 13.4. The number of phenolic OH excluding ortho intramolecular Hbond substituents is 1. The summed E-state index contributed by atoms with van der Waals surface area (Å²) < 4.78 is 68.3. The van der Waals surface area contributed by atoms with Crippen LogP contribution in [0.15, 0.2) is 152 Å². The van der Waals surface area contributed by atoms with E-state index in [2.05, 4.69) is 37.9 Å². The molecule has 0 spiro atoms. The predicted octanol–water partition coefficient (Wildman–Crippen LogP) is 11.9. The molecule has 258 valence electrons. The SMILES string of the molecule is [2H]c1c([2H])c([2H])c(-c2ccnc(-c3[c-]c(-c4cccc5c4nc(-c4ccccc4O)n5-c4ccc(C([2H])([2H])[2H])cc4-c4ccccc4)cc(C(C)(C)C)c3)c2)c([2H])c1[2H].[Pt]. The topological polar surface area (TPSA) is 50.9 Å². The van der Waals surface area contributed by atoms with Crippen LogP contribution < -0.4 is 0 Å². The van der Waals surface area contributed by atoms with Crippen LogP contribution in [0.4, 0.5) is 0 Å². The third-order valence-electron chi connectivity index (χ3n) is 9.00. The van der Waals surface area contributed by atoms with Gasteiger partial charge in [-0.3, -0.25) is 9.55 Å². The van der Waals surface area contributed by atoms with Crippen molar-refractivity contribution < 1.29 is 37.1 Å². The van der Waals surface area contributed by atoms with Gasteiger partial charge >= 0.3 is 0 Å². The zero-order valence-corrected chi connectivity index (χ0v) is 30.9. The molecule has 6 aromatic carbocycles. The molecule has 0 radical (unpaired) electrons. The first kappa shape index (κ1) is 26.2. The van der Waals surface area contributed by atoms with E-state index in [0.29, 0.717) is 56.1 Å². The maximum Gasteiger partial charge on any atom is 0.148 e. The molecular formula is C47H38N3OPt-. The number of imidazole rings is 1. The van der Waals surface area contributed by atoms with Crippen molar-refractivity contribution in [1.82, 2.24) is 14.5 Å². The fourth-order valence-corrected chi connectivity index (χ4v) is 6.40. The van der Waals surface area contributed by atoms with Crippen LogP contribution in [0.1, 0.15) is 42.9 Å². The van der Waals surface area contributed by atoms with Gasteiger partial charge in [0.2, 0.25) is 0 Å².